The third-order valence-electron chi connectivity index (χ3n) is 2.13. The molecular formula is C11H14N4S. The molecule has 0 spiro atoms. The Bertz CT molecular complexity index is 467. The first-order chi connectivity index (χ1) is 7.78. The van der Waals surface area contributed by atoms with Crippen molar-refractivity contribution in [2.75, 3.05) is 17.7 Å². The lowest BCUT2D eigenvalue weighted by molar-refractivity contribution is 1.10. The Kier molecular flexibility index (Phi) is 3.36. The lowest BCUT2D eigenvalue weighted by Gasteiger charge is -2.05. The molecule has 0 aliphatic rings. The van der Waals surface area contributed by atoms with E-state index in [0.717, 1.165) is 18.2 Å². The van der Waals surface area contributed by atoms with E-state index in [2.05, 4.69) is 39.7 Å². The first kappa shape index (κ1) is 10.9. The van der Waals surface area contributed by atoms with Crippen LogP contribution in [0.2, 0.25) is 0 Å². The summed E-state index contributed by atoms with van der Waals surface area (Å²) >= 11 is 1.79. The fraction of sp³-hybridized carbons (Fsp3) is 0.273. The van der Waals surface area contributed by atoms with Crippen molar-refractivity contribution in [3.8, 4) is 0 Å². The van der Waals surface area contributed by atoms with Crippen LogP contribution < -0.4 is 10.6 Å². The Morgan fingerprint density at radius 1 is 1.25 bits per heavy atom. The summed E-state index contributed by atoms with van der Waals surface area (Å²) in [6.45, 7) is 2.90. The van der Waals surface area contributed by atoms with Gasteiger partial charge in [0.2, 0.25) is 0 Å². The second-order valence-corrected chi connectivity index (χ2v) is 4.78. The fourth-order valence-corrected chi connectivity index (χ4v) is 2.16. The van der Waals surface area contributed by atoms with Crippen LogP contribution in [0.5, 0.6) is 0 Å². The highest BCUT2D eigenvalue weighted by molar-refractivity contribution is 7.11. The normalized spacial score (nSPS) is 10.1. The van der Waals surface area contributed by atoms with Gasteiger partial charge in [-0.3, -0.25) is 4.98 Å². The maximum Gasteiger partial charge on any atom is 0.147 e. The molecule has 2 aromatic rings. The van der Waals surface area contributed by atoms with Gasteiger partial charge in [0.05, 0.1) is 18.9 Å². The molecule has 2 rings (SSSR count). The number of anilines is 2. The third kappa shape index (κ3) is 2.70. The highest BCUT2D eigenvalue weighted by atomic mass is 32.1. The van der Waals surface area contributed by atoms with Crippen LogP contribution in [0.4, 0.5) is 11.6 Å². The molecule has 2 aromatic heterocycles. The molecule has 0 fully saturated rings. The number of aromatic nitrogens is 2. The monoisotopic (exact) mass is 234 g/mol. The number of thiophene rings is 1. The molecule has 0 aliphatic carbocycles. The van der Waals surface area contributed by atoms with Gasteiger partial charge in [0, 0.05) is 16.8 Å². The second-order valence-electron chi connectivity index (χ2n) is 3.41. The van der Waals surface area contributed by atoms with Crippen molar-refractivity contribution in [1.29, 1.82) is 0 Å². The highest BCUT2D eigenvalue weighted by Crippen LogP contribution is 2.16. The molecule has 0 atom stereocenters. The van der Waals surface area contributed by atoms with Gasteiger partial charge in [-0.05, 0) is 19.1 Å². The van der Waals surface area contributed by atoms with Crippen LogP contribution in [0.3, 0.4) is 0 Å². The molecule has 2 heterocycles. The molecule has 16 heavy (non-hydrogen) atoms. The fourth-order valence-electron chi connectivity index (χ4n) is 1.33. The van der Waals surface area contributed by atoms with Gasteiger partial charge in [-0.25, -0.2) is 4.98 Å². The molecule has 2 N–H and O–H groups in total. The molecule has 0 aromatic carbocycles. The molecule has 0 bridgehead atoms. The number of hydrogen-bond donors (Lipinski definition) is 2. The van der Waals surface area contributed by atoms with Crippen molar-refractivity contribution in [2.24, 2.45) is 0 Å². The van der Waals surface area contributed by atoms with E-state index in [-0.39, 0.29) is 0 Å². The lowest BCUT2D eigenvalue weighted by atomic mass is 10.4. The van der Waals surface area contributed by atoms with Crippen molar-refractivity contribution >= 4 is 23.0 Å². The molecule has 0 saturated heterocycles. The van der Waals surface area contributed by atoms with Crippen LogP contribution in [0.1, 0.15) is 9.75 Å². The van der Waals surface area contributed by atoms with Crippen LogP contribution in [0.25, 0.3) is 0 Å². The van der Waals surface area contributed by atoms with Gasteiger partial charge in [0.25, 0.3) is 0 Å². The van der Waals surface area contributed by atoms with Crippen LogP contribution in [-0.4, -0.2) is 17.0 Å². The Morgan fingerprint density at radius 2 is 2.06 bits per heavy atom. The average Bonchev–Trinajstić information content (AvgIpc) is 2.73. The van der Waals surface area contributed by atoms with Crippen LogP contribution in [-0.2, 0) is 6.54 Å². The van der Waals surface area contributed by atoms with Gasteiger partial charge < -0.3 is 10.6 Å². The summed E-state index contributed by atoms with van der Waals surface area (Å²) in [6, 6.07) is 4.25. The molecule has 5 heteroatoms. The van der Waals surface area contributed by atoms with E-state index < -0.39 is 0 Å². The number of nitrogens with zero attached hydrogens (tertiary/aromatic N) is 2. The Morgan fingerprint density at radius 3 is 2.75 bits per heavy atom. The van der Waals surface area contributed by atoms with E-state index in [0.29, 0.717) is 0 Å². The van der Waals surface area contributed by atoms with Crippen LogP contribution in [0, 0.1) is 6.92 Å². The van der Waals surface area contributed by atoms with Gasteiger partial charge in [-0.15, -0.1) is 11.3 Å². The molecule has 0 saturated carbocycles. The molecule has 0 aliphatic heterocycles. The van der Waals surface area contributed by atoms with Crippen molar-refractivity contribution in [3.63, 3.8) is 0 Å². The largest absolute Gasteiger partial charge is 0.372 e. The van der Waals surface area contributed by atoms with E-state index >= 15 is 0 Å². The van der Waals surface area contributed by atoms with Gasteiger partial charge in [-0.2, -0.15) is 0 Å². The summed E-state index contributed by atoms with van der Waals surface area (Å²) < 4.78 is 0. The van der Waals surface area contributed by atoms with E-state index in [1.165, 1.54) is 9.75 Å². The van der Waals surface area contributed by atoms with Crippen molar-refractivity contribution < 1.29 is 0 Å². The van der Waals surface area contributed by atoms with E-state index in [9.17, 15) is 0 Å². The molecule has 0 radical (unpaired) electrons. The topological polar surface area (TPSA) is 49.8 Å². The minimum absolute atomic E-state index is 0.771. The summed E-state index contributed by atoms with van der Waals surface area (Å²) in [5.41, 5.74) is 0. The maximum atomic E-state index is 4.33. The van der Waals surface area contributed by atoms with Crippen LogP contribution in [0.15, 0.2) is 24.5 Å². The lowest BCUT2D eigenvalue weighted by Crippen LogP contribution is -2.02. The number of hydrogen-bond acceptors (Lipinski definition) is 5. The number of rotatable bonds is 4. The second kappa shape index (κ2) is 4.94. The predicted octanol–water partition coefficient (Wildman–Crippen LogP) is 2.50. The smallest absolute Gasteiger partial charge is 0.147 e. The molecule has 0 amide bonds. The summed E-state index contributed by atoms with van der Waals surface area (Å²) in [4.78, 5) is 11.0. The van der Waals surface area contributed by atoms with Crippen molar-refractivity contribution in [1.82, 2.24) is 9.97 Å². The van der Waals surface area contributed by atoms with E-state index in [1.54, 1.807) is 23.7 Å². The summed E-state index contributed by atoms with van der Waals surface area (Å²) in [7, 11) is 1.83. The Labute approximate surface area is 98.8 Å². The standard InChI is InChI=1S/C11H14N4S/c1-8-3-4-9(16-8)5-14-11-7-13-6-10(12-2)15-11/h3-4,6-7H,5H2,1-2H3,(H2,12,14,15). The first-order valence-corrected chi connectivity index (χ1v) is 5.88. The van der Waals surface area contributed by atoms with Gasteiger partial charge in [0.15, 0.2) is 0 Å². The number of nitrogens with one attached hydrogen (secondary N) is 2. The Hall–Kier alpha value is -1.62. The zero-order valence-electron chi connectivity index (χ0n) is 9.32. The first-order valence-electron chi connectivity index (χ1n) is 5.07. The molecular weight excluding hydrogens is 220 g/mol. The van der Waals surface area contributed by atoms with Gasteiger partial charge in [0.1, 0.15) is 11.6 Å². The van der Waals surface area contributed by atoms with Crippen molar-refractivity contribution in [3.05, 3.63) is 34.3 Å². The van der Waals surface area contributed by atoms with Gasteiger partial charge >= 0.3 is 0 Å². The van der Waals surface area contributed by atoms with Gasteiger partial charge in [-0.1, -0.05) is 0 Å². The summed E-state index contributed by atoms with van der Waals surface area (Å²) in [5, 5.41) is 6.20. The van der Waals surface area contributed by atoms with Crippen LogP contribution >= 0.6 is 11.3 Å². The van der Waals surface area contributed by atoms with Crippen molar-refractivity contribution in [2.45, 2.75) is 13.5 Å². The number of aryl methyl sites for hydroxylation is 1. The Balaban J connectivity index is 1.99. The summed E-state index contributed by atoms with van der Waals surface area (Å²) in [5.74, 6) is 1.56. The minimum atomic E-state index is 0.771. The molecule has 4 nitrogen and oxygen atoms in total. The zero-order chi connectivity index (χ0) is 11.4. The summed E-state index contributed by atoms with van der Waals surface area (Å²) in [6.07, 6.45) is 3.42. The zero-order valence-corrected chi connectivity index (χ0v) is 10.1. The quantitative estimate of drug-likeness (QED) is 0.853. The SMILES string of the molecule is CNc1cncc(NCc2ccc(C)s2)n1. The molecule has 84 valence electrons. The highest BCUT2D eigenvalue weighted by Gasteiger charge is 1.99. The maximum absolute atomic E-state index is 4.33. The molecule has 0 unspecified atom stereocenters. The average molecular weight is 234 g/mol. The van der Waals surface area contributed by atoms with E-state index in [1.807, 2.05) is 7.05 Å². The minimum Gasteiger partial charge on any atom is -0.372 e. The third-order valence-corrected chi connectivity index (χ3v) is 3.13. The predicted molar refractivity (Wildman–Crippen MR) is 68.0 cm³/mol. The van der Waals surface area contributed by atoms with E-state index in [4.69, 9.17) is 0 Å².